The fourth-order valence-corrected chi connectivity index (χ4v) is 6.15. The zero-order valence-corrected chi connectivity index (χ0v) is 27.2. The van der Waals surface area contributed by atoms with Gasteiger partial charge in [-0.15, -0.1) is 4.57 Å². The monoisotopic (exact) mass is 653 g/mol. The summed E-state index contributed by atoms with van der Waals surface area (Å²) >= 11 is 0. The van der Waals surface area contributed by atoms with Crippen LogP contribution in [0, 0.1) is 0 Å². The minimum absolute atomic E-state index is 0.0731. The number of allylic oxidation sites excluding steroid dienone is 2. The third-order valence-corrected chi connectivity index (χ3v) is 9.41. The van der Waals surface area contributed by atoms with Crippen molar-refractivity contribution in [2.24, 2.45) is 0 Å². The SMILES string of the molecule is CCC(=Cc1oc2ccc(C(C)(C)CC)cc2[n+]1CS(=O)(=O)O)C=C1Oc2ccc(-c3ccccc3)cc2N1CCS(=O)(=O)O. The van der Waals surface area contributed by atoms with E-state index in [0.29, 0.717) is 40.4 Å². The van der Waals surface area contributed by atoms with Crippen molar-refractivity contribution in [3.8, 4) is 16.9 Å². The first-order valence-corrected chi connectivity index (χ1v) is 17.8. The topological polar surface area (TPSA) is 138 Å². The smallest absolute Gasteiger partial charge is 0.375 e. The number of rotatable bonds is 11. The van der Waals surface area contributed by atoms with Gasteiger partial charge in [-0.05, 0) is 58.7 Å². The maximum Gasteiger partial charge on any atom is 0.375 e. The molecule has 5 rings (SSSR count). The number of ether oxygens (including phenoxy) is 1. The molecule has 0 radical (unpaired) electrons. The number of hydrogen-bond acceptors (Lipinski definition) is 7. The van der Waals surface area contributed by atoms with Crippen LogP contribution < -0.4 is 14.2 Å². The van der Waals surface area contributed by atoms with Crippen LogP contribution in [0.15, 0.2) is 88.7 Å². The van der Waals surface area contributed by atoms with E-state index in [4.69, 9.17) is 9.15 Å². The first-order valence-electron chi connectivity index (χ1n) is 14.6. The highest BCUT2D eigenvalue weighted by molar-refractivity contribution is 7.85. The molecule has 0 spiro atoms. The minimum atomic E-state index is -4.43. The molecular weight excluding hydrogens is 617 g/mol. The van der Waals surface area contributed by atoms with E-state index in [1.54, 1.807) is 23.1 Å². The van der Waals surface area contributed by atoms with Gasteiger partial charge in [0, 0.05) is 18.7 Å². The lowest BCUT2D eigenvalue weighted by atomic mass is 9.82. The van der Waals surface area contributed by atoms with Crippen molar-refractivity contribution in [1.82, 2.24) is 0 Å². The third kappa shape index (κ3) is 7.47. The maximum atomic E-state index is 12.1. The Balaban J connectivity index is 1.60. The Bertz CT molecular complexity index is 2010. The molecular formula is C33H37N2O8S2+. The Morgan fingerprint density at radius 1 is 0.933 bits per heavy atom. The maximum absolute atomic E-state index is 12.1. The van der Waals surface area contributed by atoms with Crippen LogP contribution in [-0.2, 0) is 31.5 Å². The molecule has 0 saturated carbocycles. The molecule has 0 aliphatic carbocycles. The van der Waals surface area contributed by atoms with Gasteiger partial charge in [-0.3, -0.25) is 9.11 Å². The molecule has 0 amide bonds. The van der Waals surface area contributed by atoms with Crippen molar-refractivity contribution in [2.75, 3.05) is 17.2 Å². The molecule has 0 unspecified atom stereocenters. The van der Waals surface area contributed by atoms with Crippen LogP contribution in [0.25, 0.3) is 28.3 Å². The van der Waals surface area contributed by atoms with Crippen molar-refractivity contribution in [2.45, 2.75) is 51.8 Å². The molecule has 2 N–H and O–H groups in total. The van der Waals surface area contributed by atoms with Crippen LogP contribution in [0.3, 0.4) is 0 Å². The Kier molecular flexibility index (Phi) is 8.96. The number of benzene rings is 3. The summed E-state index contributed by atoms with van der Waals surface area (Å²) in [6.07, 6.45) is 4.73. The van der Waals surface area contributed by atoms with E-state index in [1.165, 1.54) is 4.57 Å². The van der Waals surface area contributed by atoms with E-state index < -0.39 is 31.9 Å². The minimum Gasteiger partial charge on any atom is -0.439 e. The van der Waals surface area contributed by atoms with Gasteiger partial charge >= 0.3 is 16.0 Å². The summed E-state index contributed by atoms with van der Waals surface area (Å²) in [4.78, 5) is 1.68. The average molecular weight is 654 g/mol. The van der Waals surface area contributed by atoms with Crippen LogP contribution in [0.1, 0.15) is 52.0 Å². The summed E-state index contributed by atoms with van der Waals surface area (Å²) in [6.45, 7) is 8.10. The lowest BCUT2D eigenvalue weighted by molar-refractivity contribution is -0.658. The standard InChI is InChI=1S/C33H36N2O8S2/c1-5-23(19-32-35(22-45(39,40)41)28-21-26(33(3,4)6-2)13-15-30(28)43-32)18-31-34(16-17-44(36,37)38)27-20-25(12-14-29(27)42-31)24-10-8-7-9-11-24/h7-15,18-21H,5-6,16-17,22H2,1-4H3,(H-,36,37,38,39,40,41)/p+1. The van der Waals surface area contributed by atoms with E-state index in [1.807, 2.05) is 67.6 Å². The van der Waals surface area contributed by atoms with E-state index in [2.05, 4.69) is 20.8 Å². The molecule has 0 atom stereocenters. The molecule has 1 aliphatic heterocycles. The summed E-state index contributed by atoms with van der Waals surface area (Å²) in [6, 6.07) is 21.0. The average Bonchev–Trinajstić information content (AvgIpc) is 3.50. The predicted octanol–water partition coefficient (Wildman–Crippen LogP) is 6.34. The summed E-state index contributed by atoms with van der Waals surface area (Å²) in [5.74, 6) is -0.184. The second kappa shape index (κ2) is 12.4. The van der Waals surface area contributed by atoms with Crippen molar-refractivity contribution >= 4 is 43.1 Å². The summed E-state index contributed by atoms with van der Waals surface area (Å²) in [5.41, 5.74) is 4.99. The normalized spacial score (nSPS) is 15.1. The highest BCUT2D eigenvalue weighted by Gasteiger charge is 2.31. The Morgan fingerprint density at radius 2 is 1.67 bits per heavy atom. The molecule has 10 nitrogen and oxygen atoms in total. The van der Waals surface area contributed by atoms with Crippen molar-refractivity contribution in [3.05, 3.63) is 95.7 Å². The number of oxazole rings is 1. The van der Waals surface area contributed by atoms with E-state index in [9.17, 15) is 25.9 Å². The van der Waals surface area contributed by atoms with Gasteiger partial charge in [-0.2, -0.15) is 16.8 Å². The number of nitrogens with zero attached hydrogens (tertiary/aromatic N) is 2. The molecule has 0 saturated heterocycles. The van der Waals surface area contributed by atoms with Crippen molar-refractivity contribution in [1.29, 1.82) is 0 Å². The molecule has 3 aromatic carbocycles. The molecule has 45 heavy (non-hydrogen) atoms. The largest absolute Gasteiger partial charge is 0.439 e. The van der Waals surface area contributed by atoms with Crippen LogP contribution in [-0.4, -0.2) is 38.2 Å². The van der Waals surface area contributed by atoms with Crippen LogP contribution in [0.4, 0.5) is 5.69 Å². The second-order valence-corrected chi connectivity index (χ2v) is 14.6. The van der Waals surface area contributed by atoms with Gasteiger partial charge in [0.15, 0.2) is 5.75 Å². The molecule has 12 heteroatoms. The summed E-state index contributed by atoms with van der Waals surface area (Å²) in [7, 11) is -8.70. The number of hydrogen-bond donors (Lipinski definition) is 2. The number of anilines is 1. The van der Waals surface area contributed by atoms with Crippen LogP contribution in [0.5, 0.6) is 5.75 Å². The van der Waals surface area contributed by atoms with Crippen LogP contribution >= 0.6 is 0 Å². The summed E-state index contributed by atoms with van der Waals surface area (Å²) in [5, 5.41) is 0. The van der Waals surface area contributed by atoms with Gasteiger partial charge in [0.2, 0.25) is 11.5 Å². The van der Waals surface area contributed by atoms with Gasteiger partial charge in [0.1, 0.15) is 0 Å². The fraction of sp³-hybridized carbons (Fsp3) is 0.303. The van der Waals surface area contributed by atoms with Gasteiger partial charge in [-0.25, -0.2) is 0 Å². The van der Waals surface area contributed by atoms with Gasteiger partial charge < -0.3 is 14.1 Å². The Labute approximate surface area is 263 Å². The zero-order chi connectivity index (χ0) is 32.6. The van der Waals surface area contributed by atoms with Gasteiger partial charge in [-0.1, -0.05) is 70.2 Å². The van der Waals surface area contributed by atoms with Crippen molar-refractivity contribution in [3.63, 3.8) is 0 Å². The highest BCUT2D eigenvalue weighted by atomic mass is 32.2. The van der Waals surface area contributed by atoms with Crippen molar-refractivity contribution < 1.29 is 39.7 Å². The molecule has 238 valence electrons. The molecule has 0 bridgehead atoms. The van der Waals surface area contributed by atoms with Gasteiger partial charge in [0.05, 0.1) is 17.5 Å². The number of aromatic nitrogens is 1. The first kappa shape index (κ1) is 32.4. The second-order valence-electron chi connectivity index (χ2n) is 11.6. The fourth-order valence-electron chi connectivity index (χ4n) is 5.15. The van der Waals surface area contributed by atoms with E-state index in [0.717, 1.165) is 23.1 Å². The van der Waals surface area contributed by atoms with Gasteiger partial charge in [0.25, 0.3) is 21.5 Å². The van der Waals surface area contributed by atoms with E-state index in [-0.39, 0.29) is 17.9 Å². The highest BCUT2D eigenvalue weighted by Crippen LogP contribution is 2.42. The van der Waals surface area contributed by atoms with E-state index >= 15 is 0 Å². The molecule has 1 aromatic heterocycles. The molecule has 4 aromatic rings. The molecule has 0 fully saturated rings. The van der Waals surface area contributed by atoms with Crippen LogP contribution in [0.2, 0.25) is 0 Å². The molecule has 2 heterocycles. The Hall–Kier alpha value is -3.97. The third-order valence-electron chi connectivity index (χ3n) is 8.12. The quantitative estimate of drug-likeness (QED) is 0.140. The Morgan fingerprint density at radius 3 is 2.31 bits per heavy atom. The summed E-state index contributed by atoms with van der Waals surface area (Å²) < 4.78 is 80.7. The zero-order valence-electron chi connectivity index (χ0n) is 25.6. The predicted molar refractivity (Wildman–Crippen MR) is 174 cm³/mol. The lowest BCUT2D eigenvalue weighted by Gasteiger charge is -2.22. The number of fused-ring (bicyclic) bond motifs is 2. The molecule has 1 aliphatic rings. The lowest BCUT2D eigenvalue weighted by Crippen LogP contribution is -2.39. The first-order chi connectivity index (χ1) is 21.2.